The van der Waals surface area contributed by atoms with Crippen molar-refractivity contribution in [3.8, 4) is 23.3 Å². The van der Waals surface area contributed by atoms with Crippen LogP contribution in [-0.2, 0) is 4.79 Å². The number of hydrogen-bond acceptors (Lipinski definition) is 6. The van der Waals surface area contributed by atoms with Gasteiger partial charge in [-0.3, -0.25) is 9.36 Å². The molecule has 0 aliphatic carbocycles. The average Bonchev–Trinajstić information content (AvgIpc) is 3.44. The van der Waals surface area contributed by atoms with Gasteiger partial charge in [0.2, 0.25) is 11.7 Å². The molecule has 7 nitrogen and oxygen atoms in total. The van der Waals surface area contributed by atoms with Crippen LogP contribution in [0.3, 0.4) is 0 Å². The van der Waals surface area contributed by atoms with Crippen molar-refractivity contribution >= 4 is 23.4 Å². The molecule has 0 radical (unpaired) electrons. The van der Waals surface area contributed by atoms with E-state index in [1.54, 1.807) is 43.5 Å². The van der Waals surface area contributed by atoms with Crippen molar-refractivity contribution in [3.63, 3.8) is 0 Å². The molecule has 4 aromatic rings. The molecule has 8 heteroatoms. The van der Waals surface area contributed by atoms with E-state index in [2.05, 4.69) is 21.6 Å². The van der Waals surface area contributed by atoms with Crippen LogP contribution in [0.15, 0.2) is 82.6 Å². The lowest BCUT2D eigenvalue weighted by Crippen LogP contribution is -2.23. The Morgan fingerprint density at radius 1 is 1.13 bits per heavy atom. The van der Waals surface area contributed by atoms with Crippen molar-refractivity contribution in [1.29, 1.82) is 5.26 Å². The predicted octanol–water partition coefficient (Wildman–Crippen LogP) is 4.52. The van der Waals surface area contributed by atoms with Gasteiger partial charge in [0, 0.05) is 11.4 Å². The molecule has 0 spiro atoms. The van der Waals surface area contributed by atoms with E-state index in [1.807, 2.05) is 41.0 Å². The van der Waals surface area contributed by atoms with Crippen LogP contribution in [0.25, 0.3) is 17.3 Å². The molecule has 0 fully saturated rings. The monoisotopic (exact) mass is 415 g/mol. The molecule has 4 rings (SSSR count). The summed E-state index contributed by atoms with van der Waals surface area (Å²) in [5.74, 6) is 0.948. The van der Waals surface area contributed by atoms with Gasteiger partial charge in [-0.25, -0.2) is 0 Å². The van der Waals surface area contributed by atoms with Crippen molar-refractivity contribution < 1.29 is 9.21 Å². The quantitative estimate of drug-likeness (QED) is 0.465. The number of benzene rings is 2. The standard InChI is InChI=1S/C22H17N5O2S/c1-15(21(28)24-17-8-5-7-16(13-17)14-23)30-22-26-25-20(19-11-6-12-29-19)27(22)18-9-3-2-4-10-18/h2-13,15H,1H3,(H,24,28). The minimum absolute atomic E-state index is 0.197. The zero-order chi connectivity index (χ0) is 20.9. The maximum Gasteiger partial charge on any atom is 0.237 e. The molecule has 30 heavy (non-hydrogen) atoms. The first kappa shape index (κ1) is 19.5. The molecule has 2 aromatic carbocycles. The highest BCUT2D eigenvalue weighted by atomic mass is 32.2. The Labute approximate surface area is 177 Å². The number of para-hydroxylation sites is 1. The van der Waals surface area contributed by atoms with Gasteiger partial charge < -0.3 is 9.73 Å². The summed E-state index contributed by atoms with van der Waals surface area (Å²) in [6.45, 7) is 1.80. The first-order valence-corrected chi connectivity index (χ1v) is 10.1. The Morgan fingerprint density at radius 2 is 1.97 bits per heavy atom. The molecule has 2 heterocycles. The number of nitrogens with zero attached hydrogens (tertiary/aromatic N) is 4. The zero-order valence-electron chi connectivity index (χ0n) is 16.0. The van der Waals surface area contributed by atoms with Gasteiger partial charge in [0.25, 0.3) is 0 Å². The second kappa shape index (κ2) is 8.68. The lowest BCUT2D eigenvalue weighted by Gasteiger charge is -2.13. The average molecular weight is 415 g/mol. The van der Waals surface area contributed by atoms with Gasteiger partial charge >= 0.3 is 0 Å². The van der Waals surface area contributed by atoms with E-state index in [0.717, 1.165) is 5.69 Å². The maximum atomic E-state index is 12.7. The van der Waals surface area contributed by atoms with Crippen molar-refractivity contribution in [3.05, 3.63) is 78.6 Å². The summed E-state index contributed by atoms with van der Waals surface area (Å²) in [5, 5.41) is 20.6. The normalized spacial score (nSPS) is 11.6. The van der Waals surface area contributed by atoms with Crippen LogP contribution in [0.4, 0.5) is 5.69 Å². The van der Waals surface area contributed by atoms with Gasteiger partial charge in [-0.1, -0.05) is 36.0 Å². The van der Waals surface area contributed by atoms with E-state index >= 15 is 0 Å². The summed E-state index contributed by atoms with van der Waals surface area (Å²) in [6, 6.07) is 22.1. The number of nitrogens with one attached hydrogen (secondary N) is 1. The lowest BCUT2D eigenvalue weighted by atomic mass is 10.2. The van der Waals surface area contributed by atoms with E-state index in [1.165, 1.54) is 11.8 Å². The molecule has 0 bridgehead atoms. The van der Waals surface area contributed by atoms with Crippen molar-refractivity contribution in [2.75, 3.05) is 5.32 Å². The minimum atomic E-state index is -0.452. The topological polar surface area (TPSA) is 96.7 Å². The van der Waals surface area contributed by atoms with Crippen LogP contribution in [0, 0.1) is 11.3 Å². The number of aromatic nitrogens is 3. The number of rotatable bonds is 6. The molecular formula is C22H17N5O2S. The Morgan fingerprint density at radius 3 is 2.70 bits per heavy atom. The number of amides is 1. The van der Waals surface area contributed by atoms with Crippen LogP contribution >= 0.6 is 11.8 Å². The summed E-state index contributed by atoms with van der Waals surface area (Å²) in [5.41, 5.74) is 1.93. The van der Waals surface area contributed by atoms with Gasteiger partial charge in [0.1, 0.15) is 0 Å². The van der Waals surface area contributed by atoms with E-state index in [4.69, 9.17) is 9.68 Å². The van der Waals surface area contributed by atoms with Crippen LogP contribution in [0.1, 0.15) is 12.5 Å². The highest BCUT2D eigenvalue weighted by Gasteiger charge is 2.23. The van der Waals surface area contributed by atoms with E-state index in [9.17, 15) is 4.79 Å². The van der Waals surface area contributed by atoms with E-state index in [-0.39, 0.29) is 5.91 Å². The third-order valence-corrected chi connectivity index (χ3v) is 5.34. The number of thioether (sulfide) groups is 1. The number of hydrogen-bond donors (Lipinski definition) is 1. The molecule has 0 aliphatic heterocycles. The lowest BCUT2D eigenvalue weighted by molar-refractivity contribution is -0.115. The van der Waals surface area contributed by atoms with Gasteiger partial charge in [-0.15, -0.1) is 10.2 Å². The highest BCUT2D eigenvalue weighted by Crippen LogP contribution is 2.30. The molecule has 1 atom stereocenters. The van der Waals surface area contributed by atoms with Crippen LogP contribution in [-0.4, -0.2) is 25.9 Å². The Kier molecular flexibility index (Phi) is 5.63. The van der Waals surface area contributed by atoms with Crippen molar-refractivity contribution in [2.24, 2.45) is 0 Å². The molecule has 0 aliphatic rings. The summed E-state index contributed by atoms with van der Waals surface area (Å²) in [7, 11) is 0. The van der Waals surface area contributed by atoms with Gasteiger partial charge in [-0.2, -0.15) is 5.26 Å². The minimum Gasteiger partial charge on any atom is -0.461 e. The molecule has 1 amide bonds. The molecule has 0 saturated carbocycles. The Balaban J connectivity index is 1.59. The number of carbonyl (C=O) groups excluding carboxylic acids is 1. The van der Waals surface area contributed by atoms with Crippen LogP contribution in [0.2, 0.25) is 0 Å². The SMILES string of the molecule is CC(Sc1nnc(-c2ccco2)n1-c1ccccc1)C(=O)Nc1cccc(C#N)c1. The molecule has 1 N–H and O–H groups in total. The number of anilines is 1. The third kappa shape index (κ3) is 4.11. The molecule has 2 aromatic heterocycles. The maximum absolute atomic E-state index is 12.7. The van der Waals surface area contributed by atoms with Crippen LogP contribution < -0.4 is 5.32 Å². The number of carbonyl (C=O) groups is 1. The fourth-order valence-corrected chi connectivity index (χ4v) is 3.71. The van der Waals surface area contributed by atoms with E-state index in [0.29, 0.717) is 28.0 Å². The predicted molar refractivity (Wildman–Crippen MR) is 114 cm³/mol. The Bertz CT molecular complexity index is 1200. The molecular weight excluding hydrogens is 398 g/mol. The zero-order valence-corrected chi connectivity index (χ0v) is 16.8. The molecule has 148 valence electrons. The fourth-order valence-electron chi connectivity index (χ4n) is 2.84. The second-order valence-corrected chi connectivity index (χ2v) is 7.70. The van der Waals surface area contributed by atoms with Crippen molar-refractivity contribution in [1.82, 2.24) is 14.8 Å². The first-order chi connectivity index (χ1) is 14.7. The summed E-state index contributed by atoms with van der Waals surface area (Å²) < 4.78 is 7.37. The van der Waals surface area contributed by atoms with Gasteiger partial charge in [0.15, 0.2) is 10.9 Å². The fraction of sp³-hybridized carbons (Fsp3) is 0.0909. The van der Waals surface area contributed by atoms with Gasteiger partial charge in [-0.05, 0) is 49.4 Å². The summed E-state index contributed by atoms with van der Waals surface area (Å²) in [6.07, 6.45) is 1.58. The van der Waals surface area contributed by atoms with E-state index < -0.39 is 5.25 Å². The third-order valence-electron chi connectivity index (χ3n) is 4.30. The van der Waals surface area contributed by atoms with Crippen LogP contribution in [0.5, 0.6) is 0 Å². The highest BCUT2D eigenvalue weighted by molar-refractivity contribution is 8.00. The summed E-state index contributed by atoms with van der Waals surface area (Å²) >= 11 is 1.29. The van der Waals surface area contributed by atoms with Crippen molar-refractivity contribution in [2.45, 2.75) is 17.3 Å². The molecule has 1 unspecified atom stereocenters. The second-order valence-electron chi connectivity index (χ2n) is 6.40. The number of nitriles is 1. The number of furan rings is 1. The van der Waals surface area contributed by atoms with Gasteiger partial charge in [0.05, 0.1) is 23.1 Å². The first-order valence-electron chi connectivity index (χ1n) is 9.18. The summed E-state index contributed by atoms with van der Waals surface area (Å²) in [4.78, 5) is 12.7. The largest absolute Gasteiger partial charge is 0.461 e. The smallest absolute Gasteiger partial charge is 0.237 e. The Hall–Kier alpha value is -3.83. The molecule has 0 saturated heterocycles.